The topological polar surface area (TPSA) is 81.1 Å². The van der Waals surface area contributed by atoms with Crippen LogP contribution >= 0.6 is 0 Å². The minimum Gasteiger partial charge on any atom is -0.383 e. The predicted molar refractivity (Wildman–Crippen MR) is 57.7 cm³/mol. The largest absolute Gasteiger partial charge is 0.383 e. The number of rotatable bonds is 7. The van der Waals surface area contributed by atoms with Crippen LogP contribution in [0.4, 0.5) is 0 Å². The van der Waals surface area contributed by atoms with Crippen LogP contribution < -0.4 is 10.6 Å². The van der Waals surface area contributed by atoms with Gasteiger partial charge in [-0.25, -0.2) is 4.68 Å². The Kier molecular flexibility index (Phi) is 5.44. The molecule has 0 aliphatic carbocycles. The Morgan fingerprint density at radius 2 is 2.44 bits per heavy atom. The van der Waals surface area contributed by atoms with E-state index in [9.17, 15) is 4.79 Å². The van der Waals surface area contributed by atoms with Gasteiger partial charge in [0, 0.05) is 20.2 Å². The van der Waals surface area contributed by atoms with Crippen LogP contribution in [0.3, 0.4) is 0 Å². The van der Waals surface area contributed by atoms with E-state index in [4.69, 9.17) is 4.74 Å². The lowest BCUT2D eigenvalue weighted by molar-refractivity contribution is -0.122. The van der Waals surface area contributed by atoms with Gasteiger partial charge in [-0.05, 0) is 7.05 Å². The van der Waals surface area contributed by atoms with Gasteiger partial charge in [0.05, 0.1) is 18.5 Å². The van der Waals surface area contributed by atoms with E-state index in [1.54, 1.807) is 13.3 Å². The Hall–Kier alpha value is -1.47. The molecule has 0 radical (unpaired) electrons. The number of nitrogens with zero attached hydrogens (tertiary/aromatic N) is 3. The van der Waals surface area contributed by atoms with Gasteiger partial charge in [0.2, 0.25) is 5.91 Å². The molecular weight excluding hydrogens is 210 g/mol. The zero-order chi connectivity index (χ0) is 11.8. The third-order valence-electron chi connectivity index (χ3n) is 1.88. The van der Waals surface area contributed by atoms with Crippen LogP contribution in [0.1, 0.15) is 5.69 Å². The van der Waals surface area contributed by atoms with Gasteiger partial charge in [0.1, 0.15) is 6.54 Å². The second kappa shape index (κ2) is 6.91. The van der Waals surface area contributed by atoms with E-state index < -0.39 is 0 Å². The first kappa shape index (κ1) is 12.6. The minimum atomic E-state index is -0.0991. The fraction of sp³-hybridized carbons (Fsp3) is 0.667. The predicted octanol–water partition coefficient (Wildman–Crippen LogP) is -1.24. The van der Waals surface area contributed by atoms with E-state index in [1.807, 2.05) is 7.05 Å². The highest BCUT2D eigenvalue weighted by atomic mass is 16.5. The molecule has 0 unspecified atom stereocenters. The van der Waals surface area contributed by atoms with Gasteiger partial charge in [0.15, 0.2) is 0 Å². The number of carbonyl (C=O) groups is 1. The Bertz CT molecular complexity index is 325. The van der Waals surface area contributed by atoms with Crippen molar-refractivity contribution in [1.82, 2.24) is 25.6 Å². The van der Waals surface area contributed by atoms with Crippen LogP contribution in [0.5, 0.6) is 0 Å². The zero-order valence-corrected chi connectivity index (χ0v) is 9.56. The molecule has 0 bridgehead atoms. The highest BCUT2D eigenvalue weighted by Gasteiger charge is 2.04. The van der Waals surface area contributed by atoms with Gasteiger partial charge in [-0.1, -0.05) is 5.21 Å². The zero-order valence-electron chi connectivity index (χ0n) is 9.56. The summed E-state index contributed by atoms with van der Waals surface area (Å²) in [5, 5.41) is 13.4. The smallest absolute Gasteiger partial charge is 0.241 e. The highest BCUT2D eigenvalue weighted by Crippen LogP contribution is 1.91. The maximum absolute atomic E-state index is 11.4. The lowest BCUT2D eigenvalue weighted by Crippen LogP contribution is -2.30. The summed E-state index contributed by atoms with van der Waals surface area (Å²) >= 11 is 0. The summed E-state index contributed by atoms with van der Waals surface area (Å²) < 4.78 is 6.33. The quantitative estimate of drug-likeness (QED) is 0.569. The molecule has 1 rings (SSSR count). The average Bonchev–Trinajstić information content (AvgIpc) is 2.66. The van der Waals surface area contributed by atoms with Gasteiger partial charge < -0.3 is 15.4 Å². The summed E-state index contributed by atoms with van der Waals surface area (Å²) in [7, 11) is 3.42. The first-order valence-corrected chi connectivity index (χ1v) is 5.05. The molecule has 1 aromatic rings. The van der Waals surface area contributed by atoms with Crippen molar-refractivity contribution in [3.63, 3.8) is 0 Å². The van der Waals surface area contributed by atoms with Crippen LogP contribution in [0, 0.1) is 0 Å². The second-order valence-corrected chi connectivity index (χ2v) is 3.28. The third-order valence-corrected chi connectivity index (χ3v) is 1.88. The van der Waals surface area contributed by atoms with Crippen molar-refractivity contribution in [3.8, 4) is 0 Å². The van der Waals surface area contributed by atoms with Crippen molar-refractivity contribution in [3.05, 3.63) is 11.9 Å². The SMILES string of the molecule is CNCc1cn(CC(=O)NCCOC)nn1. The molecule has 0 atom stereocenters. The van der Waals surface area contributed by atoms with Gasteiger partial charge >= 0.3 is 0 Å². The fourth-order valence-corrected chi connectivity index (χ4v) is 1.17. The van der Waals surface area contributed by atoms with Crippen LogP contribution in [-0.2, 0) is 22.6 Å². The monoisotopic (exact) mass is 227 g/mol. The number of hydrogen-bond donors (Lipinski definition) is 2. The summed E-state index contributed by atoms with van der Waals surface area (Å²) in [6.45, 7) is 1.84. The van der Waals surface area contributed by atoms with Gasteiger partial charge in [-0.2, -0.15) is 0 Å². The molecule has 0 saturated carbocycles. The van der Waals surface area contributed by atoms with Crippen LogP contribution in [0.2, 0.25) is 0 Å². The third kappa shape index (κ3) is 4.37. The maximum Gasteiger partial charge on any atom is 0.241 e. The number of amides is 1. The fourth-order valence-electron chi connectivity index (χ4n) is 1.17. The Morgan fingerprint density at radius 1 is 1.62 bits per heavy atom. The second-order valence-electron chi connectivity index (χ2n) is 3.28. The Balaban J connectivity index is 2.31. The van der Waals surface area contributed by atoms with Crippen molar-refractivity contribution in [2.45, 2.75) is 13.1 Å². The first-order chi connectivity index (χ1) is 7.76. The number of ether oxygens (including phenoxy) is 1. The first-order valence-electron chi connectivity index (χ1n) is 5.05. The maximum atomic E-state index is 11.4. The minimum absolute atomic E-state index is 0.0991. The molecule has 1 amide bonds. The summed E-state index contributed by atoms with van der Waals surface area (Å²) in [4.78, 5) is 11.4. The van der Waals surface area contributed by atoms with E-state index in [1.165, 1.54) is 4.68 Å². The lowest BCUT2D eigenvalue weighted by Gasteiger charge is -2.03. The van der Waals surface area contributed by atoms with Crippen molar-refractivity contribution in [2.24, 2.45) is 0 Å². The molecule has 1 heterocycles. The summed E-state index contributed by atoms with van der Waals surface area (Å²) in [5.74, 6) is -0.0991. The number of hydrogen-bond acceptors (Lipinski definition) is 5. The standard InChI is InChI=1S/C9H17N5O2/c1-10-5-8-6-14(13-12-8)7-9(15)11-3-4-16-2/h6,10H,3-5,7H2,1-2H3,(H,11,15). The average molecular weight is 227 g/mol. The molecular formula is C9H17N5O2. The molecule has 7 heteroatoms. The Morgan fingerprint density at radius 3 is 3.12 bits per heavy atom. The van der Waals surface area contributed by atoms with Crippen molar-refractivity contribution in [2.75, 3.05) is 27.3 Å². The lowest BCUT2D eigenvalue weighted by atomic mass is 10.5. The summed E-state index contributed by atoms with van der Waals surface area (Å²) in [6, 6.07) is 0. The summed E-state index contributed by atoms with van der Waals surface area (Å²) in [6.07, 6.45) is 1.74. The number of nitrogens with one attached hydrogen (secondary N) is 2. The van der Waals surface area contributed by atoms with Crippen LogP contribution in [0.25, 0.3) is 0 Å². The molecule has 0 saturated heterocycles. The molecule has 0 spiro atoms. The van der Waals surface area contributed by atoms with E-state index in [-0.39, 0.29) is 12.5 Å². The van der Waals surface area contributed by atoms with Crippen LogP contribution in [-0.4, -0.2) is 48.2 Å². The van der Waals surface area contributed by atoms with E-state index in [2.05, 4.69) is 20.9 Å². The van der Waals surface area contributed by atoms with E-state index in [0.29, 0.717) is 19.7 Å². The molecule has 16 heavy (non-hydrogen) atoms. The normalized spacial score (nSPS) is 10.4. The number of carbonyl (C=O) groups excluding carboxylic acids is 1. The highest BCUT2D eigenvalue weighted by molar-refractivity contribution is 5.75. The number of aromatic nitrogens is 3. The molecule has 0 aliphatic rings. The molecule has 2 N–H and O–H groups in total. The van der Waals surface area contributed by atoms with E-state index in [0.717, 1.165) is 5.69 Å². The van der Waals surface area contributed by atoms with Gasteiger partial charge in [-0.3, -0.25) is 4.79 Å². The van der Waals surface area contributed by atoms with Crippen LogP contribution in [0.15, 0.2) is 6.20 Å². The van der Waals surface area contributed by atoms with Crippen molar-refractivity contribution in [1.29, 1.82) is 0 Å². The molecule has 7 nitrogen and oxygen atoms in total. The van der Waals surface area contributed by atoms with Crippen molar-refractivity contribution >= 4 is 5.91 Å². The van der Waals surface area contributed by atoms with Gasteiger partial charge in [0.25, 0.3) is 0 Å². The summed E-state index contributed by atoms with van der Waals surface area (Å²) in [5.41, 5.74) is 0.812. The molecule has 1 aromatic heterocycles. The molecule has 0 fully saturated rings. The van der Waals surface area contributed by atoms with E-state index >= 15 is 0 Å². The molecule has 0 aliphatic heterocycles. The van der Waals surface area contributed by atoms with Crippen molar-refractivity contribution < 1.29 is 9.53 Å². The molecule has 90 valence electrons. The Labute approximate surface area is 94.2 Å². The molecule has 0 aromatic carbocycles. The number of methoxy groups -OCH3 is 1. The van der Waals surface area contributed by atoms with Gasteiger partial charge in [-0.15, -0.1) is 5.10 Å².